The summed E-state index contributed by atoms with van der Waals surface area (Å²) in [7, 11) is 0. The van der Waals surface area contributed by atoms with Gasteiger partial charge in [-0.2, -0.15) is 0 Å². The highest BCUT2D eigenvalue weighted by Crippen LogP contribution is 2.39. The number of carbonyl (C=O) groups is 1. The summed E-state index contributed by atoms with van der Waals surface area (Å²) >= 11 is 12.1. The molecule has 0 amide bonds. The zero-order valence-electron chi connectivity index (χ0n) is 13.7. The van der Waals surface area contributed by atoms with E-state index in [-0.39, 0.29) is 5.78 Å². The maximum absolute atomic E-state index is 13.1. The highest BCUT2D eigenvalue weighted by molar-refractivity contribution is 6.42. The Kier molecular flexibility index (Phi) is 4.54. The fourth-order valence-corrected chi connectivity index (χ4v) is 3.33. The van der Waals surface area contributed by atoms with E-state index < -0.39 is 6.10 Å². The summed E-state index contributed by atoms with van der Waals surface area (Å²) in [5.41, 5.74) is 2.84. The predicted molar refractivity (Wildman–Crippen MR) is 105 cm³/mol. The van der Waals surface area contributed by atoms with Gasteiger partial charge in [0.05, 0.1) is 15.6 Å². The minimum absolute atomic E-state index is 0.0493. The van der Waals surface area contributed by atoms with Crippen LogP contribution in [0.3, 0.4) is 0 Å². The number of ketones is 1. The van der Waals surface area contributed by atoms with E-state index >= 15 is 0 Å². The van der Waals surface area contributed by atoms with Crippen LogP contribution < -0.4 is 4.74 Å². The van der Waals surface area contributed by atoms with E-state index in [9.17, 15) is 4.79 Å². The SMILES string of the molecule is O=C1/C(=C/c2ccc(Cl)c(Cl)c2)[C@H](c2ccccc2)Oc2ccccc21. The second-order valence-corrected chi connectivity index (χ2v) is 6.82. The van der Waals surface area contributed by atoms with Gasteiger partial charge in [-0.05, 0) is 41.5 Å². The van der Waals surface area contributed by atoms with Crippen LogP contribution in [0.25, 0.3) is 6.08 Å². The highest BCUT2D eigenvalue weighted by atomic mass is 35.5. The van der Waals surface area contributed by atoms with Crippen LogP contribution in [0, 0.1) is 0 Å². The number of benzene rings is 3. The van der Waals surface area contributed by atoms with Gasteiger partial charge in [-0.25, -0.2) is 0 Å². The highest BCUT2D eigenvalue weighted by Gasteiger charge is 2.32. The van der Waals surface area contributed by atoms with Crippen molar-refractivity contribution >= 4 is 35.1 Å². The van der Waals surface area contributed by atoms with Gasteiger partial charge in [0.15, 0.2) is 11.9 Å². The van der Waals surface area contributed by atoms with Gasteiger partial charge < -0.3 is 4.74 Å². The minimum atomic E-state index is -0.479. The molecule has 0 aromatic heterocycles. The van der Waals surface area contributed by atoms with E-state index in [1.165, 1.54) is 0 Å². The summed E-state index contributed by atoms with van der Waals surface area (Å²) < 4.78 is 6.18. The molecule has 0 saturated heterocycles. The molecule has 0 fully saturated rings. The van der Waals surface area contributed by atoms with Gasteiger partial charge in [0, 0.05) is 5.57 Å². The normalized spacial score (nSPS) is 17.7. The predicted octanol–water partition coefficient (Wildman–Crippen LogP) is 6.39. The Morgan fingerprint density at radius 2 is 1.58 bits per heavy atom. The van der Waals surface area contributed by atoms with E-state index in [0.717, 1.165) is 11.1 Å². The van der Waals surface area contributed by atoms with Crippen molar-refractivity contribution in [1.29, 1.82) is 0 Å². The van der Waals surface area contributed by atoms with Gasteiger partial charge >= 0.3 is 0 Å². The topological polar surface area (TPSA) is 26.3 Å². The van der Waals surface area contributed by atoms with Gasteiger partial charge in [-0.15, -0.1) is 0 Å². The molecule has 0 aliphatic carbocycles. The maximum atomic E-state index is 13.1. The van der Waals surface area contributed by atoms with Gasteiger partial charge in [0.1, 0.15) is 5.75 Å². The number of hydrogen-bond donors (Lipinski definition) is 0. The lowest BCUT2D eigenvalue weighted by molar-refractivity contribution is 0.0963. The van der Waals surface area contributed by atoms with E-state index in [1.54, 1.807) is 18.2 Å². The van der Waals surface area contributed by atoms with Crippen molar-refractivity contribution < 1.29 is 9.53 Å². The van der Waals surface area contributed by atoms with Crippen molar-refractivity contribution in [3.63, 3.8) is 0 Å². The Balaban J connectivity index is 1.86. The standard InChI is InChI=1S/C22H14Cl2O2/c23-18-11-10-14(13-19(18)24)12-17-21(25)16-8-4-5-9-20(16)26-22(17)15-6-2-1-3-7-15/h1-13,22H/b17-12-/t22-/m0/s1. The third-order valence-electron chi connectivity index (χ3n) is 4.29. The van der Waals surface area contributed by atoms with Crippen LogP contribution in [0.1, 0.15) is 27.6 Å². The van der Waals surface area contributed by atoms with Crippen LogP contribution in [0.4, 0.5) is 0 Å². The Bertz CT molecular complexity index is 1010. The molecule has 0 unspecified atom stereocenters. The van der Waals surface area contributed by atoms with Crippen LogP contribution in [-0.4, -0.2) is 5.78 Å². The fraction of sp³-hybridized carbons (Fsp3) is 0.0455. The molecule has 1 aliphatic rings. The Hall–Kier alpha value is -2.55. The summed E-state index contributed by atoms with van der Waals surface area (Å²) in [4.78, 5) is 13.1. The first-order chi connectivity index (χ1) is 12.6. The van der Waals surface area contributed by atoms with Gasteiger partial charge in [-0.1, -0.05) is 71.7 Å². The summed E-state index contributed by atoms with van der Waals surface area (Å²) in [5, 5.41) is 0.923. The Labute approximate surface area is 161 Å². The molecule has 26 heavy (non-hydrogen) atoms. The van der Waals surface area contributed by atoms with Crippen molar-refractivity contribution in [3.8, 4) is 5.75 Å². The minimum Gasteiger partial charge on any atom is -0.480 e. The lowest BCUT2D eigenvalue weighted by atomic mass is 9.89. The molecule has 4 heteroatoms. The summed E-state index contributed by atoms with van der Waals surface area (Å²) in [6.45, 7) is 0. The number of ether oxygens (including phenoxy) is 1. The van der Waals surface area contributed by atoms with E-state index in [4.69, 9.17) is 27.9 Å². The van der Waals surface area contributed by atoms with Gasteiger partial charge in [0.25, 0.3) is 0 Å². The number of para-hydroxylation sites is 1. The second-order valence-electron chi connectivity index (χ2n) is 6.01. The molecule has 0 radical (unpaired) electrons. The monoisotopic (exact) mass is 380 g/mol. The first kappa shape index (κ1) is 16.9. The quantitative estimate of drug-likeness (QED) is 0.481. The lowest BCUT2D eigenvalue weighted by Gasteiger charge is -2.28. The maximum Gasteiger partial charge on any atom is 0.196 e. The van der Waals surface area contributed by atoms with Crippen molar-refractivity contribution in [2.24, 2.45) is 0 Å². The Morgan fingerprint density at radius 3 is 2.35 bits per heavy atom. The molecule has 0 spiro atoms. The molecule has 0 bridgehead atoms. The van der Waals surface area contributed by atoms with Crippen LogP contribution in [0.15, 0.2) is 78.4 Å². The molecule has 1 aliphatic heterocycles. The first-order valence-corrected chi connectivity index (χ1v) is 8.91. The van der Waals surface area contributed by atoms with Crippen molar-refractivity contribution in [3.05, 3.63) is 105 Å². The van der Waals surface area contributed by atoms with Crippen LogP contribution in [0.5, 0.6) is 5.75 Å². The molecule has 2 nitrogen and oxygen atoms in total. The third-order valence-corrected chi connectivity index (χ3v) is 5.03. The van der Waals surface area contributed by atoms with Crippen molar-refractivity contribution in [2.75, 3.05) is 0 Å². The molecule has 0 saturated carbocycles. The van der Waals surface area contributed by atoms with E-state index in [2.05, 4.69) is 0 Å². The zero-order chi connectivity index (χ0) is 18.1. The van der Waals surface area contributed by atoms with Crippen LogP contribution >= 0.6 is 23.2 Å². The molecule has 4 rings (SSSR count). The smallest absolute Gasteiger partial charge is 0.196 e. The summed E-state index contributed by atoms with van der Waals surface area (Å²) in [5.74, 6) is 0.546. The first-order valence-electron chi connectivity index (χ1n) is 8.15. The fourth-order valence-electron chi connectivity index (χ4n) is 3.02. The molecule has 3 aromatic rings. The molecular weight excluding hydrogens is 367 g/mol. The average Bonchev–Trinajstić information content (AvgIpc) is 2.67. The van der Waals surface area contributed by atoms with E-state index in [1.807, 2.05) is 60.7 Å². The zero-order valence-corrected chi connectivity index (χ0v) is 15.2. The molecule has 3 aromatic carbocycles. The molecule has 0 N–H and O–H groups in total. The number of halogens is 2. The van der Waals surface area contributed by atoms with Crippen molar-refractivity contribution in [2.45, 2.75) is 6.10 Å². The Morgan fingerprint density at radius 1 is 0.846 bits per heavy atom. The largest absolute Gasteiger partial charge is 0.480 e. The van der Waals surface area contributed by atoms with Gasteiger partial charge in [0.2, 0.25) is 0 Å². The molecule has 1 heterocycles. The molecular formula is C22H14Cl2O2. The average molecular weight is 381 g/mol. The number of rotatable bonds is 2. The summed E-state index contributed by atoms with van der Waals surface area (Å²) in [6, 6.07) is 22.3. The number of carbonyl (C=O) groups excluding carboxylic acids is 1. The molecule has 1 atom stereocenters. The van der Waals surface area contributed by atoms with Crippen LogP contribution in [0.2, 0.25) is 10.0 Å². The molecule has 128 valence electrons. The van der Waals surface area contributed by atoms with Gasteiger partial charge in [-0.3, -0.25) is 4.79 Å². The third kappa shape index (κ3) is 3.14. The summed E-state index contributed by atoms with van der Waals surface area (Å²) in [6.07, 6.45) is 1.34. The number of Topliss-reactive ketones (excluding diaryl/α,β-unsaturated/α-hetero) is 1. The van der Waals surface area contributed by atoms with Crippen molar-refractivity contribution in [1.82, 2.24) is 0 Å². The number of hydrogen-bond acceptors (Lipinski definition) is 2. The van der Waals surface area contributed by atoms with E-state index in [0.29, 0.717) is 26.9 Å². The lowest BCUT2D eigenvalue weighted by Crippen LogP contribution is -2.23. The second kappa shape index (κ2) is 6.99. The van der Waals surface area contributed by atoms with Crippen LogP contribution in [-0.2, 0) is 0 Å². The number of fused-ring (bicyclic) bond motifs is 1.